The second-order valence-corrected chi connectivity index (χ2v) is 5.42. The van der Waals surface area contributed by atoms with Crippen LogP contribution in [0.5, 0.6) is 0 Å². The van der Waals surface area contributed by atoms with E-state index in [2.05, 4.69) is 20.2 Å². The van der Waals surface area contributed by atoms with Gasteiger partial charge in [-0.1, -0.05) is 11.8 Å². The van der Waals surface area contributed by atoms with Gasteiger partial charge in [-0.25, -0.2) is 9.97 Å². The first kappa shape index (κ1) is 15.2. The molecule has 1 amide bonds. The van der Waals surface area contributed by atoms with E-state index in [1.165, 1.54) is 11.8 Å². The molecule has 110 valence electrons. The third-order valence-electron chi connectivity index (χ3n) is 2.95. The van der Waals surface area contributed by atoms with Gasteiger partial charge in [0.25, 0.3) is 0 Å². The minimum Gasteiger partial charge on any atom is -0.379 e. The number of carbonyl (C=O) groups excluding carboxylic acids is 1. The molecule has 2 rings (SSSR count). The Hall–Kier alpha value is -1.18. The molecule has 1 N–H and O–H groups in total. The Kier molecular flexibility index (Phi) is 6.76. The summed E-state index contributed by atoms with van der Waals surface area (Å²) in [6.45, 7) is 5.36. The highest BCUT2D eigenvalue weighted by Crippen LogP contribution is 2.09. The predicted molar refractivity (Wildman–Crippen MR) is 77.6 cm³/mol. The quantitative estimate of drug-likeness (QED) is 0.446. The summed E-state index contributed by atoms with van der Waals surface area (Å²) in [7, 11) is 0. The summed E-state index contributed by atoms with van der Waals surface area (Å²) in [6, 6.07) is 1.76. The van der Waals surface area contributed by atoms with Crippen molar-refractivity contribution in [3.8, 4) is 0 Å². The number of nitrogens with zero attached hydrogens (tertiary/aromatic N) is 3. The van der Waals surface area contributed by atoms with Crippen LogP contribution in [0.1, 0.15) is 6.42 Å². The lowest BCUT2D eigenvalue weighted by atomic mass is 10.3. The SMILES string of the molecule is O=C(CSc1ncccn1)NCCCN1CCOCC1. The number of carbonyl (C=O) groups is 1. The van der Waals surface area contributed by atoms with Crippen LogP contribution in [0.25, 0.3) is 0 Å². The van der Waals surface area contributed by atoms with Gasteiger partial charge >= 0.3 is 0 Å². The second kappa shape index (κ2) is 8.89. The highest BCUT2D eigenvalue weighted by atomic mass is 32.2. The zero-order valence-corrected chi connectivity index (χ0v) is 12.3. The molecule has 1 aromatic rings. The maximum atomic E-state index is 11.6. The molecule has 2 heterocycles. The van der Waals surface area contributed by atoms with Crippen molar-refractivity contribution in [2.75, 3.05) is 45.1 Å². The predicted octanol–water partition coefficient (Wildman–Crippen LogP) is 0.407. The van der Waals surface area contributed by atoms with Gasteiger partial charge in [0.05, 0.1) is 19.0 Å². The van der Waals surface area contributed by atoms with Gasteiger partial charge in [-0.05, 0) is 19.0 Å². The van der Waals surface area contributed by atoms with Crippen LogP contribution in [-0.2, 0) is 9.53 Å². The third kappa shape index (κ3) is 5.85. The molecule has 20 heavy (non-hydrogen) atoms. The zero-order valence-electron chi connectivity index (χ0n) is 11.5. The van der Waals surface area contributed by atoms with Gasteiger partial charge in [0.15, 0.2) is 5.16 Å². The number of thioether (sulfide) groups is 1. The van der Waals surface area contributed by atoms with Crippen molar-refractivity contribution in [2.45, 2.75) is 11.6 Å². The summed E-state index contributed by atoms with van der Waals surface area (Å²) in [5.41, 5.74) is 0. The molecule has 0 unspecified atom stereocenters. The summed E-state index contributed by atoms with van der Waals surface area (Å²) in [6.07, 6.45) is 4.32. The number of nitrogens with one attached hydrogen (secondary N) is 1. The fraction of sp³-hybridized carbons (Fsp3) is 0.615. The van der Waals surface area contributed by atoms with E-state index < -0.39 is 0 Å². The number of morpholine rings is 1. The maximum Gasteiger partial charge on any atom is 0.230 e. The lowest BCUT2D eigenvalue weighted by Crippen LogP contribution is -2.38. The van der Waals surface area contributed by atoms with E-state index in [1.807, 2.05) is 0 Å². The molecule has 1 fully saturated rings. The Morgan fingerprint density at radius 3 is 2.85 bits per heavy atom. The van der Waals surface area contributed by atoms with Gasteiger partial charge in [0.1, 0.15) is 0 Å². The van der Waals surface area contributed by atoms with Crippen LogP contribution < -0.4 is 5.32 Å². The molecular weight excluding hydrogens is 276 g/mol. The number of rotatable bonds is 7. The zero-order chi connectivity index (χ0) is 14.0. The number of hydrogen-bond acceptors (Lipinski definition) is 6. The van der Waals surface area contributed by atoms with Crippen LogP contribution in [0.15, 0.2) is 23.6 Å². The van der Waals surface area contributed by atoms with E-state index in [9.17, 15) is 4.79 Å². The van der Waals surface area contributed by atoms with Crippen LogP contribution in [0.4, 0.5) is 0 Å². The number of ether oxygens (including phenoxy) is 1. The van der Waals surface area contributed by atoms with E-state index in [0.717, 1.165) is 39.3 Å². The summed E-state index contributed by atoms with van der Waals surface area (Å²) >= 11 is 1.35. The Morgan fingerprint density at radius 2 is 2.10 bits per heavy atom. The Morgan fingerprint density at radius 1 is 1.35 bits per heavy atom. The minimum atomic E-state index is 0.0319. The van der Waals surface area contributed by atoms with Gasteiger partial charge in [-0.3, -0.25) is 9.69 Å². The van der Waals surface area contributed by atoms with Crippen molar-refractivity contribution < 1.29 is 9.53 Å². The number of hydrogen-bond donors (Lipinski definition) is 1. The van der Waals surface area contributed by atoms with Crippen LogP contribution in [-0.4, -0.2) is 65.9 Å². The van der Waals surface area contributed by atoms with Gasteiger partial charge in [0.2, 0.25) is 5.91 Å². The highest BCUT2D eigenvalue weighted by molar-refractivity contribution is 7.99. The lowest BCUT2D eigenvalue weighted by Gasteiger charge is -2.26. The van der Waals surface area contributed by atoms with Crippen LogP contribution in [0, 0.1) is 0 Å². The average molecular weight is 296 g/mol. The largest absolute Gasteiger partial charge is 0.379 e. The first-order valence-corrected chi connectivity index (χ1v) is 7.80. The standard InChI is InChI=1S/C13H20N4O2S/c18-12(11-20-13-15-3-1-4-16-13)14-5-2-6-17-7-9-19-10-8-17/h1,3-4H,2,5-11H2,(H,14,18). The van der Waals surface area contributed by atoms with Crippen molar-refractivity contribution in [1.82, 2.24) is 20.2 Å². The van der Waals surface area contributed by atoms with Crippen molar-refractivity contribution >= 4 is 17.7 Å². The van der Waals surface area contributed by atoms with E-state index >= 15 is 0 Å². The van der Waals surface area contributed by atoms with Crippen LogP contribution in [0.2, 0.25) is 0 Å². The van der Waals surface area contributed by atoms with Crippen LogP contribution in [0.3, 0.4) is 0 Å². The van der Waals surface area contributed by atoms with Gasteiger partial charge in [0, 0.05) is 32.0 Å². The Bertz CT molecular complexity index is 399. The monoisotopic (exact) mass is 296 g/mol. The second-order valence-electron chi connectivity index (χ2n) is 4.48. The molecule has 0 radical (unpaired) electrons. The number of amides is 1. The molecule has 0 atom stereocenters. The molecule has 1 saturated heterocycles. The molecule has 0 aliphatic carbocycles. The maximum absolute atomic E-state index is 11.6. The molecule has 1 aromatic heterocycles. The molecule has 0 aromatic carbocycles. The third-order valence-corrected chi connectivity index (χ3v) is 3.83. The molecule has 6 nitrogen and oxygen atoms in total. The van der Waals surface area contributed by atoms with E-state index in [1.54, 1.807) is 18.5 Å². The van der Waals surface area contributed by atoms with Crippen LogP contribution >= 0.6 is 11.8 Å². The lowest BCUT2D eigenvalue weighted by molar-refractivity contribution is -0.118. The average Bonchev–Trinajstić information content (AvgIpc) is 2.52. The summed E-state index contributed by atoms with van der Waals surface area (Å²) in [5.74, 6) is 0.395. The van der Waals surface area contributed by atoms with Crippen molar-refractivity contribution in [3.63, 3.8) is 0 Å². The van der Waals surface area contributed by atoms with Gasteiger partial charge in [-0.2, -0.15) is 0 Å². The smallest absolute Gasteiger partial charge is 0.230 e. The van der Waals surface area contributed by atoms with Crippen molar-refractivity contribution in [3.05, 3.63) is 18.5 Å². The molecule has 0 spiro atoms. The van der Waals surface area contributed by atoms with E-state index in [4.69, 9.17) is 4.74 Å². The molecule has 0 bridgehead atoms. The van der Waals surface area contributed by atoms with Gasteiger partial charge < -0.3 is 10.1 Å². The van der Waals surface area contributed by atoms with E-state index in [0.29, 0.717) is 17.5 Å². The fourth-order valence-corrected chi connectivity index (χ4v) is 2.53. The van der Waals surface area contributed by atoms with Gasteiger partial charge in [-0.15, -0.1) is 0 Å². The highest BCUT2D eigenvalue weighted by Gasteiger charge is 2.09. The molecule has 0 saturated carbocycles. The summed E-state index contributed by atoms with van der Waals surface area (Å²) in [5, 5.41) is 3.55. The first-order valence-electron chi connectivity index (χ1n) is 6.81. The molecule has 1 aliphatic heterocycles. The Balaban J connectivity index is 1.51. The fourth-order valence-electron chi connectivity index (χ4n) is 1.90. The normalized spacial score (nSPS) is 16.0. The summed E-state index contributed by atoms with van der Waals surface area (Å²) in [4.78, 5) is 22.1. The van der Waals surface area contributed by atoms with Crippen molar-refractivity contribution in [1.29, 1.82) is 0 Å². The number of aromatic nitrogens is 2. The molecule has 1 aliphatic rings. The van der Waals surface area contributed by atoms with Crippen molar-refractivity contribution in [2.24, 2.45) is 0 Å². The Labute approximate surface area is 123 Å². The minimum absolute atomic E-state index is 0.0319. The molecular formula is C13H20N4O2S. The topological polar surface area (TPSA) is 67.4 Å². The van der Waals surface area contributed by atoms with E-state index in [-0.39, 0.29) is 5.91 Å². The molecule has 7 heteroatoms. The first-order chi connectivity index (χ1) is 9.84. The summed E-state index contributed by atoms with van der Waals surface area (Å²) < 4.78 is 5.29.